The fraction of sp³-hybridized carbons (Fsp3) is 0.235. The normalized spacial score (nSPS) is 26.4. The van der Waals surface area contributed by atoms with E-state index in [1.807, 2.05) is 24.3 Å². The number of sulfone groups is 1. The predicted octanol–water partition coefficient (Wildman–Crippen LogP) is 2.52. The van der Waals surface area contributed by atoms with Crippen molar-refractivity contribution in [2.45, 2.75) is 18.2 Å². The molecule has 112 valence electrons. The molecule has 1 saturated heterocycles. The molecule has 1 aliphatic heterocycles. The van der Waals surface area contributed by atoms with Crippen LogP contribution >= 0.6 is 0 Å². The highest BCUT2D eigenvalue weighted by molar-refractivity contribution is 7.92. The van der Waals surface area contributed by atoms with E-state index in [0.29, 0.717) is 12.8 Å². The zero-order valence-corrected chi connectivity index (χ0v) is 12.8. The fourth-order valence-corrected chi connectivity index (χ4v) is 4.73. The summed E-state index contributed by atoms with van der Waals surface area (Å²) < 4.78 is 23.7. The second kappa shape index (κ2) is 4.95. The molecule has 1 atom stereocenters. The van der Waals surface area contributed by atoms with E-state index in [1.165, 1.54) is 11.1 Å². The van der Waals surface area contributed by atoms with Gasteiger partial charge >= 0.3 is 0 Å². The summed E-state index contributed by atoms with van der Waals surface area (Å²) in [7, 11) is -3.04. The number of benzene rings is 1. The van der Waals surface area contributed by atoms with Crippen LogP contribution in [0.5, 0.6) is 0 Å². The molecule has 0 amide bonds. The minimum atomic E-state index is -3.04. The third-order valence-electron chi connectivity index (χ3n) is 4.29. The minimum absolute atomic E-state index is 0.255. The summed E-state index contributed by atoms with van der Waals surface area (Å²) in [4.78, 5) is 0. The van der Waals surface area contributed by atoms with E-state index in [9.17, 15) is 8.42 Å². The van der Waals surface area contributed by atoms with Gasteiger partial charge in [0.25, 0.3) is 0 Å². The molecule has 0 spiro atoms. The lowest BCUT2D eigenvalue weighted by molar-refractivity contribution is 0.566. The summed E-state index contributed by atoms with van der Waals surface area (Å²) in [5.74, 6) is 0.255. The van der Waals surface area contributed by atoms with Gasteiger partial charge in [0.1, 0.15) is 5.37 Å². The van der Waals surface area contributed by atoms with Crippen LogP contribution in [0.4, 0.5) is 0 Å². The summed E-state index contributed by atoms with van der Waals surface area (Å²) >= 11 is 0. The molecule has 4 rings (SSSR count). The number of hydrogen-bond acceptors (Lipinski definition) is 4. The molecule has 1 aromatic carbocycles. The average Bonchev–Trinajstić information content (AvgIpc) is 3.05. The van der Waals surface area contributed by atoms with Crippen LogP contribution in [0.15, 0.2) is 53.2 Å². The Hall–Kier alpha value is -2.14. The standard InChI is InChI=1S/C17H16N2O2S/c20-22(21)10-4-9-17(22)19-18-16-8-3-7-14-13-6-2-1-5-12(13)11-15(14)16/h1-3,5-8,11,17,19H,4,9-10H2. The van der Waals surface area contributed by atoms with Crippen molar-refractivity contribution in [2.75, 3.05) is 5.75 Å². The van der Waals surface area contributed by atoms with Gasteiger partial charge in [0.05, 0.1) is 11.5 Å². The van der Waals surface area contributed by atoms with Gasteiger partial charge in [0.15, 0.2) is 9.84 Å². The molecule has 1 heterocycles. The first-order chi connectivity index (χ1) is 10.6. The van der Waals surface area contributed by atoms with Crippen molar-refractivity contribution >= 4 is 27.2 Å². The second-order valence-electron chi connectivity index (χ2n) is 5.71. The predicted molar refractivity (Wildman–Crippen MR) is 88.9 cm³/mol. The van der Waals surface area contributed by atoms with Gasteiger partial charge in [0, 0.05) is 5.57 Å². The molecule has 3 aliphatic rings. The maximum atomic E-state index is 11.9. The maximum Gasteiger partial charge on any atom is 0.172 e. The monoisotopic (exact) mass is 312 g/mol. The molecule has 1 aromatic rings. The number of nitrogens with one attached hydrogen (secondary N) is 1. The Kier molecular flexibility index (Phi) is 3.04. The zero-order valence-electron chi connectivity index (χ0n) is 12.0. The zero-order chi connectivity index (χ0) is 15.2. The quantitative estimate of drug-likeness (QED) is 0.854. The van der Waals surface area contributed by atoms with Crippen molar-refractivity contribution in [1.82, 2.24) is 5.43 Å². The minimum Gasteiger partial charge on any atom is -0.291 e. The lowest BCUT2D eigenvalue weighted by Gasteiger charge is -2.14. The van der Waals surface area contributed by atoms with Crippen LogP contribution in [-0.2, 0) is 9.84 Å². The van der Waals surface area contributed by atoms with Gasteiger partial charge in [-0.05, 0) is 41.7 Å². The summed E-state index contributed by atoms with van der Waals surface area (Å²) in [5, 5.41) is 3.83. The van der Waals surface area contributed by atoms with Gasteiger partial charge in [0.2, 0.25) is 0 Å². The van der Waals surface area contributed by atoms with E-state index < -0.39 is 15.2 Å². The van der Waals surface area contributed by atoms with Crippen LogP contribution in [0.25, 0.3) is 11.6 Å². The van der Waals surface area contributed by atoms with Gasteiger partial charge in [-0.2, -0.15) is 5.10 Å². The molecule has 0 radical (unpaired) electrons. The number of allylic oxidation sites excluding steroid dienone is 5. The highest BCUT2D eigenvalue weighted by atomic mass is 32.2. The Morgan fingerprint density at radius 3 is 2.86 bits per heavy atom. The van der Waals surface area contributed by atoms with Crippen LogP contribution in [0.3, 0.4) is 0 Å². The summed E-state index contributed by atoms with van der Waals surface area (Å²) in [6, 6.07) is 8.21. The molecule has 0 saturated carbocycles. The number of fused-ring (bicyclic) bond motifs is 3. The largest absolute Gasteiger partial charge is 0.291 e. The maximum absolute atomic E-state index is 11.9. The first-order valence-corrected chi connectivity index (χ1v) is 9.12. The Labute approximate surface area is 129 Å². The van der Waals surface area contributed by atoms with Crippen LogP contribution in [0.1, 0.15) is 24.0 Å². The Morgan fingerprint density at radius 2 is 2.05 bits per heavy atom. The highest BCUT2D eigenvalue weighted by Gasteiger charge is 2.31. The lowest BCUT2D eigenvalue weighted by Crippen LogP contribution is -2.30. The summed E-state index contributed by atoms with van der Waals surface area (Å²) in [5.41, 5.74) is 8.22. The molecule has 0 aromatic heterocycles. The molecular weight excluding hydrogens is 296 g/mol. The molecule has 22 heavy (non-hydrogen) atoms. The van der Waals surface area contributed by atoms with Crippen molar-refractivity contribution in [2.24, 2.45) is 5.10 Å². The molecule has 1 fully saturated rings. The van der Waals surface area contributed by atoms with Crippen molar-refractivity contribution in [1.29, 1.82) is 0 Å². The SMILES string of the molecule is O=S1(=O)CCCC1NN=C1C=CC=C2C1=Cc1ccccc12. The molecule has 1 N–H and O–H groups in total. The topological polar surface area (TPSA) is 58.5 Å². The van der Waals surface area contributed by atoms with Gasteiger partial charge in [-0.25, -0.2) is 8.42 Å². The van der Waals surface area contributed by atoms with Crippen molar-refractivity contribution < 1.29 is 8.42 Å². The molecule has 4 nitrogen and oxygen atoms in total. The smallest absolute Gasteiger partial charge is 0.172 e. The van der Waals surface area contributed by atoms with E-state index in [2.05, 4.69) is 34.8 Å². The van der Waals surface area contributed by atoms with Gasteiger partial charge < -0.3 is 0 Å². The number of hydrogen-bond donors (Lipinski definition) is 1. The van der Waals surface area contributed by atoms with E-state index in [0.717, 1.165) is 16.9 Å². The summed E-state index contributed by atoms with van der Waals surface area (Å²) in [6.07, 6.45) is 9.39. The second-order valence-corrected chi connectivity index (χ2v) is 8.01. The Bertz CT molecular complexity index is 860. The lowest BCUT2D eigenvalue weighted by atomic mass is 9.96. The number of rotatable bonds is 2. The van der Waals surface area contributed by atoms with Crippen LogP contribution in [0.2, 0.25) is 0 Å². The molecule has 5 heteroatoms. The molecule has 2 aliphatic carbocycles. The Balaban J connectivity index is 1.64. The van der Waals surface area contributed by atoms with Crippen molar-refractivity contribution in [3.05, 3.63) is 59.2 Å². The highest BCUT2D eigenvalue weighted by Crippen LogP contribution is 2.37. The first kappa shape index (κ1) is 13.5. The Morgan fingerprint density at radius 1 is 1.18 bits per heavy atom. The molecule has 1 unspecified atom stereocenters. The molecule has 0 bridgehead atoms. The molecular formula is C17H16N2O2S. The summed E-state index contributed by atoms with van der Waals surface area (Å²) in [6.45, 7) is 0. The van der Waals surface area contributed by atoms with Crippen molar-refractivity contribution in [3.63, 3.8) is 0 Å². The van der Waals surface area contributed by atoms with E-state index in [1.54, 1.807) is 0 Å². The third kappa shape index (κ3) is 2.13. The van der Waals surface area contributed by atoms with Crippen molar-refractivity contribution in [3.8, 4) is 0 Å². The average molecular weight is 312 g/mol. The first-order valence-electron chi connectivity index (χ1n) is 7.40. The third-order valence-corrected chi connectivity index (χ3v) is 6.36. The van der Waals surface area contributed by atoms with Gasteiger partial charge in [-0.1, -0.05) is 36.4 Å². The van der Waals surface area contributed by atoms with Gasteiger partial charge in [-0.15, -0.1) is 0 Å². The van der Waals surface area contributed by atoms with Crippen LogP contribution in [-0.4, -0.2) is 25.3 Å². The van der Waals surface area contributed by atoms with E-state index >= 15 is 0 Å². The number of hydrazone groups is 1. The van der Waals surface area contributed by atoms with Gasteiger partial charge in [-0.3, -0.25) is 5.43 Å². The van der Waals surface area contributed by atoms with Crippen LogP contribution < -0.4 is 5.43 Å². The van der Waals surface area contributed by atoms with Crippen LogP contribution in [0, 0.1) is 0 Å². The fourth-order valence-electron chi connectivity index (χ4n) is 3.14. The number of nitrogens with zero attached hydrogens (tertiary/aromatic N) is 1. The van der Waals surface area contributed by atoms with E-state index in [-0.39, 0.29) is 5.75 Å². The van der Waals surface area contributed by atoms with E-state index in [4.69, 9.17) is 0 Å².